The number of nitrogens with one attached hydrogen (secondary N) is 2. The highest BCUT2D eigenvalue weighted by Gasteiger charge is 2.45. The number of fused-ring (bicyclic) bond motifs is 1. The minimum atomic E-state index is -3.79. The van der Waals surface area contributed by atoms with E-state index >= 15 is 0 Å². The summed E-state index contributed by atoms with van der Waals surface area (Å²) in [5.74, 6) is -2.75. The molecule has 21 nitrogen and oxygen atoms in total. The van der Waals surface area contributed by atoms with Crippen LogP contribution in [0.4, 0.5) is 5.69 Å². The van der Waals surface area contributed by atoms with Crippen LogP contribution in [0.1, 0.15) is 64.8 Å². The number of anilines is 1. The lowest BCUT2D eigenvalue weighted by Gasteiger charge is -2.27. The fourth-order valence-corrected chi connectivity index (χ4v) is 7.45. The summed E-state index contributed by atoms with van der Waals surface area (Å²) in [6.45, 7) is 10.1. The predicted molar refractivity (Wildman–Crippen MR) is 243 cm³/mol. The number of benzene rings is 2. The van der Waals surface area contributed by atoms with Crippen molar-refractivity contribution in [3.05, 3.63) is 59.2 Å². The Bertz CT molecular complexity index is 1940. The maximum absolute atomic E-state index is 13.2. The molecule has 2 aliphatic rings. The van der Waals surface area contributed by atoms with Crippen LogP contribution in [0.25, 0.3) is 0 Å². The standard InChI is InChI=1S/C46H67N3O18S/c1-36-9-11-37(12-10-36)68(55,56)67-35-34-66-33-32-65-31-30-64-29-28-63-27-26-62-25-24-61-23-22-60-21-20-59-19-18-58-17-16-57-15-4-2-3-8-41(50)47-39-7-5-6-38-43(39)46(54)49(45(38)53)40-13-14-42(51)48-44(40)52/h5-7,9-12,40H,2-4,8,13-35H2,1H3,(H,47,50)(H,48,51,52). The van der Waals surface area contributed by atoms with Crippen LogP contribution in [0.15, 0.2) is 47.4 Å². The van der Waals surface area contributed by atoms with Crippen LogP contribution < -0.4 is 10.6 Å². The second-order valence-corrected chi connectivity index (χ2v) is 16.9. The number of imide groups is 2. The van der Waals surface area contributed by atoms with E-state index in [2.05, 4.69) is 10.6 Å². The molecule has 2 aromatic rings. The van der Waals surface area contributed by atoms with Crippen LogP contribution in [-0.2, 0) is 76.1 Å². The first-order valence-corrected chi connectivity index (χ1v) is 24.4. The van der Waals surface area contributed by atoms with E-state index in [0.29, 0.717) is 132 Å². The molecule has 1 saturated heterocycles. The molecule has 0 spiro atoms. The third kappa shape index (κ3) is 21.6. The fourth-order valence-electron chi connectivity index (χ4n) is 6.56. The summed E-state index contributed by atoms with van der Waals surface area (Å²) in [4.78, 5) is 63.7. The summed E-state index contributed by atoms with van der Waals surface area (Å²) in [6, 6.07) is 9.96. The Balaban J connectivity index is 0.807. The zero-order valence-electron chi connectivity index (χ0n) is 38.9. The van der Waals surface area contributed by atoms with E-state index < -0.39 is 39.8 Å². The maximum atomic E-state index is 13.2. The molecule has 22 heteroatoms. The molecule has 0 saturated carbocycles. The van der Waals surface area contributed by atoms with Gasteiger partial charge in [-0.3, -0.25) is 38.4 Å². The number of rotatable bonds is 40. The second kappa shape index (κ2) is 33.3. The number of piperidine rings is 1. The number of ether oxygens (including phenoxy) is 10. The molecule has 0 bridgehead atoms. The van der Waals surface area contributed by atoms with Gasteiger partial charge < -0.3 is 52.7 Å². The Hall–Kier alpha value is -4.30. The quantitative estimate of drug-likeness (QED) is 0.0553. The minimum absolute atomic E-state index is 0.0222. The third-order valence-electron chi connectivity index (χ3n) is 10.1. The van der Waals surface area contributed by atoms with Gasteiger partial charge in [-0.1, -0.05) is 30.2 Å². The number of carbonyl (C=O) groups is 5. The smallest absolute Gasteiger partial charge is 0.297 e. The molecule has 0 radical (unpaired) electrons. The molecule has 2 aliphatic heterocycles. The maximum Gasteiger partial charge on any atom is 0.297 e. The highest BCUT2D eigenvalue weighted by molar-refractivity contribution is 7.86. The van der Waals surface area contributed by atoms with Crippen molar-refractivity contribution >= 4 is 45.3 Å². The number of nitrogens with zero attached hydrogens (tertiary/aromatic N) is 1. The first kappa shape index (κ1) is 56.3. The Morgan fingerprint density at radius 2 is 1.04 bits per heavy atom. The van der Waals surface area contributed by atoms with E-state index in [0.717, 1.165) is 23.3 Å². The molecule has 1 atom stereocenters. The summed E-state index contributed by atoms with van der Waals surface area (Å²) in [7, 11) is -3.79. The normalized spacial score (nSPS) is 15.0. The van der Waals surface area contributed by atoms with E-state index in [1.165, 1.54) is 18.2 Å². The van der Waals surface area contributed by atoms with Crippen LogP contribution >= 0.6 is 0 Å². The molecule has 4 rings (SSSR count). The van der Waals surface area contributed by atoms with Crippen molar-refractivity contribution < 1.29 is 83.9 Å². The van der Waals surface area contributed by atoms with E-state index in [-0.39, 0.29) is 60.1 Å². The average Bonchev–Trinajstić information content (AvgIpc) is 3.57. The highest BCUT2D eigenvalue weighted by atomic mass is 32.2. The fraction of sp³-hybridized carbons (Fsp3) is 0.630. The topological polar surface area (TPSA) is 248 Å². The second-order valence-electron chi connectivity index (χ2n) is 15.2. The van der Waals surface area contributed by atoms with Crippen LogP contribution in [0.5, 0.6) is 0 Å². The molecule has 1 unspecified atom stereocenters. The molecule has 2 N–H and O–H groups in total. The van der Waals surface area contributed by atoms with Gasteiger partial charge in [-0.25, -0.2) is 0 Å². The van der Waals surface area contributed by atoms with Gasteiger partial charge in [0.1, 0.15) is 6.04 Å². The number of hydrogen-bond donors (Lipinski definition) is 2. The SMILES string of the molecule is Cc1ccc(S(=O)(=O)OCCOCCOCCOCCOCCOCCOCCOCCOCCOCCOCCCCCC(=O)Nc2cccc3c2C(=O)N(C2CCC(=O)NC2=O)C3=O)cc1. The summed E-state index contributed by atoms with van der Waals surface area (Å²) in [5.41, 5.74) is 1.33. The molecule has 5 amide bonds. The first-order chi connectivity index (χ1) is 33.1. The summed E-state index contributed by atoms with van der Waals surface area (Å²) >= 11 is 0. The lowest BCUT2D eigenvalue weighted by atomic mass is 10.0. The number of amides is 5. The van der Waals surface area contributed by atoms with Gasteiger partial charge in [0.05, 0.1) is 154 Å². The van der Waals surface area contributed by atoms with Gasteiger partial charge >= 0.3 is 0 Å². The molecule has 2 heterocycles. The number of aryl methyl sites for hydroxylation is 1. The molecule has 0 aromatic heterocycles. The summed E-state index contributed by atoms with van der Waals surface area (Å²) < 4.78 is 84.0. The lowest BCUT2D eigenvalue weighted by molar-refractivity contribution is -0.136. The van der Waals surface area contributed by atoms with Crippen molar-refractivity contribution in [2.75, 3.05) is 144 Å². The first-order valence-electron chi connectivity index (χ1n) is 23.0. The average molecular weight is 982 g/mol. The predicted octanol–water partition coefficient (Wildman–Crippen LogP) is 2.47. The lowest BCUT2D eigenvalue weighted by Crippen LogP contribution is -2.54. The Morgan fingerprint density at radius 1 is 0.588 bits per heavy atom. The summed E-state index contributed by atoms with van der Waals surface area (Å²) in [5, 5.41) is 4.90. The van der Waals surface area contributed by atoms with E-state index in [4.69, 9.17) is 51.6 Å². The molecule has 380 valence electrons. The van der Waals surface area contributed by atoms with Crippen LogP contribution in [0.3, 0.4) is 0 Å². The van der Waals surface area contributed by atoms with Crippen LogP contribution in [-0.4, -0.2) is 188 Å². The van der Waals surface area contributed by atoms with Gasteiger partial charge in [0, 0.05) is 19.4 Å². The number of unbranched alkanes of at least 4 members (excludes halogenated alkanes) is 2. The molecule has 1 fully saturated rings. The van der Waals surface area contributed by atoms with Crippen LogP contribution in [0, 0.1) is 6.92 Å². The summed E-state index contributed by atoms with van der Waals surface area (Å²) in [6.07, 6.45) is 2.40. The number of hydrogen-bond acceptors (Lipinski definition) is 18. The van der Waals surface area contributed by atoms with E-state index in [1.54, 1.807) is 24.3 Å². The zero-order chi connectivity index (χ0) is 48.7. The molecular weight excluding hydrogens is 915 g/mol. The van der Waals surface area contributed by atoms with Crippen molar-refractivity contribution in [3.63, 3.8) is 0 Å². The van der Waals surface area contributed by atoms with Crippen molar-refractivity contribution in [2.45, 2.75) is 56.4 Å². The van der Waals surface area contributed by atoms with E-state index in [9.17, 15) is 32.4 Å². The van der Waals surface area contributed by atoms with Gasteiger partial charge in [-0.05, 0) is 50.5 Å². The van der Waals surface area contributed by atoms with Crippen molar-refractivity contribution in [1.29, 1.82) is 0 Å². The van der Waals surface area contributed by atoms with Crippen molar-refractivity contribution in [3.8, 4) is 0 Å². The molecule has 68 heavy (non-hydrogen) atoms. The Morgan fingerprint density at radius 3 is 1.51 bits per heavy atom. The molecular formula is C46H67N3O18S. The monoisotopic (exact) mass is 981 g/mol. The molecule has 2 aromatic carbocycles. The van der Waals surface area contributed by atoms with Gasteiger partial charge in [-0.2, -0.15) is 8.42 Å². The Kier molecular flexibility index (Phi) is 27.5. The van der Waals surface area contributed by atoms with E-state index in [1.807, 2.05) is 6.92 Å². The minimum Gasteiger partial charge on any atom is -0.379 e. The highest BCUT2D eigenvalue weighted by Crippen LogP contribution is 2.32. The Labute approximate surface area is 398 Å². The van der Waals surface area contributed by atoms with Gasteiger partial charge in [0.25, 0.3) is 21.9 Å². The third-order valence-corrected chi connectivity index (χ3v) is 11.4. The van der Waals surface area contributed by atoms with Crippen molar-refractivity contribution in [2.24, 2.45) is 0 Å². The molecule has 0 aliphatic carbocycles. The van der Waals surface area contributed by atoms with Crippen LogP contribution in [0.2, 0.25) is 0 Å². The van der Waals surface area contributed by atoms with Crippen molar-refractivity contribution in [1.82, 2.24) is 10.2 Å². The number of carbonyl (C=O) groups excluding carboxylic acids is 5. The van der Waals surface area contributed by atoms with Gasteiger partial charge in [0.2, 0.25) is 17.7 Å². The van der Waals surface area contributed by atoms with Gasteiger partial charge in [-0.15, -0.1) is 0 Å². The van der Waals surface area contributed by atoms with Gasteiger partial charge in [0.15, 0.2) is 0 Å². The zero-order valence-corrected chi connectivity index (χ0v) is 39.7. The largest absolute Gasteiger partial charge is 0.379 e.